The number of methoxy groups -OCH3 is 1. The summed E-state index contributed by atoms with van der Waals surface area (Å²) in [5, 5.41) is 9.69. The van der Waals surface area contributed by atoms with Crippen LogP contribution in [-0.2, 0) is 9.53 Å². The lowest BCUT2D eigenvalue weighted by Crippen LogP contribution is -2.53. The lowest BCUT2D eigenvalue weighted by molar-refractivity contribution is -0.143. The maximum Gasteiger partial charge on any atom is 0.339 e. The van der Waals surface area contributed by atoms with E-state index in [9.17, 15) is 14.9 Å². The Morgan fingerprint density at radius 2 is 1.83 bits per heavy atom. The molecular formula is C23H32N2O5. The Morgan fingerprint density at radius 1 is 1.17 bits per heavy atom. The molecular weight excluding hydrogens is 384 g/mol. The second kappa shape index (κ2) is 10.3. The topological polar surface area (TPSA) is 88.9 Å². The number of rotatable bonds is 8. The molecule has 1 aromatic carbocycles. The monoisotopic (exact) mass is 416 g/mol. The maximum atomic E-state index is 12.9. The van der Waals surface area contributed by atoms with Gasteiger partial charge in [0, 0.05) is 7.05 Å². The minimum absolute atomic E-state index is 0.263. The average Bonchev–Trinajstić information content (AvgIpc) is 2.76. The summed E-state index contributed by atoms with van der Waals surface area (Å²) >= 11 is 0. The Morgan fingerprint density at radius 3 is 2.40 bits per heavy atom. The first kappa shape index (κ1) is 23.5. The van der Waals surface area contributed by atoms with E-state index in [0.717, 1.165) is 19.3 Å². The number of ether oxygens (including phenoxy) is 3. The molecule has 1 fully saturated rings. The van der Waals surface area contributed by atoms with Crippen molar-refractivity contribution in [2.24, 2.45) is 5.92 Å². The van der Waals surface area contributed by atoms with Crippen LogP contribution in [0.4, 0.5) is 0 Å². The van der Waals surface area contributed by atoms with Crippen molar-refractivity contribution < 1.29 is 23.8 Å². The van der Waals surface area contributed by atoms with Crippen molar-refractivity contribution in [3.63, 3.8) is 0 Å². The van der Waals surface area contributed by atoms with Gasteiger partial charge in [-0.25, -0.2) is 4.79 Å². The summed E-state index contributed by atoms with van der Waals surface area (Å²) in [6.45, 7) is 6.13. The highest BCUT2D eigenvalue weighted by atomic mass is 16.5. The van der Waals surface area contributed by atoms with Crippen molar-refractivity contribution in [3.8, 4) is 17.6 Å². The van der Waals surface area contributed by atoms with Crippen LogP contribution in [0.5, 0.6) is 11.5 Å². The summed E-state index contributed by atoms with van der Waals surface area (Å²) in [4.78, 5) is 26.9. The number of nitriles is 1. The summed E-state index contributed by atoms with van der Waals surface area (Å²) in [7, 11) is 3.12. The Kier molecular flexibility index (Phi) is 8.10. The van der Waals surface area contributed by atoms with Crippen LogP contribution in [-0.4, -0.2) is 49.2 Å². The number of carbonyl (C=O) groups excluding carboxylic acids is 2. The van der Waals surface area contributed by atoms with Gasteiger partial charge in [0.2, 0.25) is 0 Å². The van der Waals surface area contributed by atoms with Crippen LogP contribution in [0.15, 0.2) is 18.2 Å². The molecule has 1 amide bonds. The number of amides is 1. The molecule has 0 unspecified atom stereocenters. The molecule has 0 bridgehead atoms. The zero-order valence-corrected chi connectivity index (χ0v) is 18.6. The molecule has 0 aliphatic heterocycles. The fourth-order valence-corrected chi connectivity index (χ4v) is 3.59. The maximum absolute atomic E-state index is 12.9. The molecule has 164 valence electrons. The van der Waals surface area contributed by atoms with Crippen LogP contribution in [0.2, 0.25) is 0 Å². The predicted octanol–water partition coefficient (Wildman–Crippen LogP) is 3.96. The molecule has 1 aliphatic carbocycles. The molecule has 1 aliphatic rings. The molecule has 0 saturated heterocycles. The van der Waals surface area contributed by atoms with Crippen LogP contribution >= 0.6 is 0 Å². The van der Waals surface area contributed by atoms with Crippen molar-refractivity contribution >= 4 is 11.9 Å². The summed E-state index contributed by atoms with van der Waals surface area (Å²) in [6.07, 6.45) is 3.16. The van der Waals surface area contributed by atoms with E-state index in [-0.39, 0.29) is 11.5 Å². The molecule has 30 heavy (non-hydrogen) atoms. The van der Waals surface area contributed by atoms with Gasteiger partial charge in [0.1, 0.15) is 5.54 Å². The largest absolute Gasteiger partial charge is 0.493 e. The first-order valence-electron chi connectivity index (χ1n) is 10.4. The SMILES string of the molecule is COc1cc(C(=O)O[C@@H](C)C(=O)N(C)C2(C#N)CCCCC2)ccc1OCC(C)C. The number of nitrogens with zero attached hydrogens (tertiary/aromatic N) is 2. The van der Waals surface area contributed by atoms with Crippen LogP contribution in [0.3, 0.4) is 0 Å². The molecule has 1 atom stereocenters. The van der Waals surface area contributed by atoms with E-state index in [4.69, 9.17) is 14.2 Å². The van der Waals surface area contributed by atoms with Gasteiger partial charge in [-0.3, -0.25) is 4.79 Å². The highest BCUT2D eigenvalue weighted by Crippen LogP contribution is 2.33. The fourth-order valence-electron chi connectivity index (χ4n) is 3.59. The van der Waals surface area contributed by atoms with Crippen molar-refractivity contribution in [2.45, 2.75) is 64.5 Å². The van der Waals surface area contributed by atoms with Gasteiger partial charge >= 0.3 is 5.97 Å². The molecule has 0 radical (unpaired) electrons. The molecule has 1 saturated carbocycles. The lowest BCUT2D eigenvalue weighted by atomic mass is 9.81. The molecule has 0 heterocycles. The van der Waals surface area contributed by atoms with Crippen molar-refractivity contribution in [1.29, 1.82) is 5.26 Å². The average molecular weight is 417 g/mol. The van der Waals surface area contributed by atoms with E-state index in [1.165, 1.54) is 25.0 Å². The zero-order chi connectivity index (χ0) is 22.3. The molecule has 7 nitrogen and oxygen atoms in total. The van der Waals surface area contributed by atoms with Crippen LogP contribution in [0, 0.1) is 17.2 Å². The lowest BCUT2D eigenvalue weighted by Gasteiger charge is -2.39. The summed E-state index contributed by atoms with van der Waals surface area (Å²) in [5.41, 5.74) is -0.562. The van der Waals surface area contributed by atoms with Gasteiger partial charge in [-0.1, -0.05) is 33.1 Å². The number of esters is 1. The van der Waals surface area contributed by atoms with E-state index in [1.807, 2.05) is 13.8 Å². The minimum Gasteiger partial charge on any atom is -0.493 e. The molecule has 0 spiro atoms. The summed E-state index contributed by atoms with van der Waals surface area (Å²) in [6, 6.07) is 7.09. The standard InChI is InChI=1S/C23H32N2O5/c1-16(2)14-29-19-10-9-18(13-20(19)28-5)22(27)30-17(3)21(26)25(4)23(15-24)11-7-6-8-12-23/h9-10,13,16-17H,6-8,11-12,14H2,1-5H3/t17-/m0/s1. The number of likely N-dealkylation sites (N-methyl/N-ethyl adjacent to an activating group) is 1. The molecule has 0 N–H and O–H groups in total. The predicted molar refractivity (Wildman–Crippen MR) is 112 cm³/mol. The third-order valence-electron chi connectivity index (χ3n) is 5.46. The van der Waals surface area contributed by atoms with Crippen molar-refractivity contribution in [3.05, 3.63) is 23.8 Å². The first-order chi connectivity index (χ1) is 14.2. The number of benzene rings is 1. The third kappa shape index (κ3) is 5.44. The van der Waals surface area contributed by atoms with E-state index < -0.39 is 17.6 Å². The van der Waals surface area contributed by atoms with Crippen LogP contribution in [0.1, 0.15) is 63.2 Å². The van der Waals surface area contributed by atoms with Gasteiger partial charge in [-0.2, -0.15) is 5.26 Å². The van der Waals surface area contributed by atoms with Crippen LogP contribution < -0.4 is 9.47 Å². The third-order valence-corrected chi connectivity index (χ3v) is 5.46. The van der Waals surface area contributed by atoms with E-state index >= 15 is 0 Å². The Balaban J connectivity index is 2.07. The van der Waals surface area contributed by atoms with Gasteiger partial charge in [-0.15, -0.1) is 0 Å². The highest BCUT2D eigenvalue weighted by Gasteiger charge is 2.40. The fraction of sp³-hybridized carbons (Fsp3) is 0.609. The van der Waals surface area contributed by atoms with Gasteiger partial charge in [0.05, 0.1) is 25.3 Å². The quantitative estimate of drug-likeness (QED) is 0.596. The zero-order valence-electron chi connectivity index (χ0n) is 18.6. The van der Waals surface area contributed by atoms with Gasteiger partial charge in [0.25, 0.3) is 5.91 Å². The second-order valence-corrected chi connectivity index (χ2v) is 8.22. The second-order valence-electron chi connectivity index (χ2n) is 8.22. The Labute approximate surface area is 178 Å². The highest BCUT2D eigenvalue weighted by molar-refractivity contribution is 5.93. The van der Waals surface area contributed by atoms with Gasteiger partial charge < -0.3 is 19.1 Å². The van der Waals surface area contributed by atoms with Crippen molar-refractivity contribution in [2.75, 3.05) is 20.8 Å². The molecule has 7 heteroatoms. The van der Waals surface area contributed by atoms with Crippen LogP contribution in [0.25, 0.3) is 0 Å². The molecule has 0 aromatic heterocycles. The number of hydrogen-bond donors (Lipinski definition) is 0. The number of hydrogen-bond acceptors (Lipinski definition) is 6. The summed E-state index contributed by atoms with van der Waals surface area (Å²) < 4.78 is 16.4. The Hall–Kier alpha value is -2.75. The van der Waals surface area contributed by atoms with E-state index in [0.29, 0.717) is 36.9 Å². The van der Waals surface area contributed by atoms with Gasteiger partial charge in [0.15, 0.2) is 17.6 Å². The minimum atomic E-state index is -1.00. The molecule has 1 aromatic rings. The first-order valence-corrected chi connectivity index (χ1v) is 10.4. The van der Waals surface area contributed by atoms with Crippen molar-refractivity contribution in [1.82, 2.24) is 4.90 Å². The number of carbonyl (C=O) groups is 2. The summed E-state index contributed by atoms with van der Waals surface area (Å²) in [5.74, 6) is 0.305. The smallest absolute Gasteiger partial charge is 0.339 e. The Bertz CT molecular complexity index is 793. The van der Waals surface area contributed by atoms with E-state index in [2.05, 4.69) is 6.07 Å². The van der Waals surface area contributed by atoms with E-state index in [1.54, 1.807) is 19.2 Å². The molecule has 2 rings (SSSR count). The normalized spacial score (nSPS) is 16.3. The van der Waals surface area contributed by atoms with Gasteiger partial charge in [-0.05, 0) is 43.9 Å².